The maximum absolute atomic E-state index is 12.4. The number of rotatable bonds is 31. The fraction of sp³-hybridized carbons (Fsp3) is 0.806. The van der Waals surface area contributed by atoms with Crippen molar-refractivity contribution in [2.75, 3.05) is 40.9 Å². The minimum absolute atomic E-state index is 0.00994. The van der Waals surface area contributed by atoms with Crippen LogP contribution in [0.4, 0.5) is 0 Å². The molecule has 0 saturated carbocycles. The average molecular weight is 657 g/mol. The number of hydrogen-bond donors (Lipinski definition) is 2. The largest absolute Gasteiger partial charge is 0.756 e. The van der Waals surface area contributed by atoms with Gasteiger partial charge in [0.2, 0.25) is 5.91 Å². The van der Waals surface area contributed by atoms with Gasteiger partial charge >= 0.3 is 0 Å². The van der Waals surface area contributed by atoms with Crippen molar-refractivity contribution < 1.29 is 32.9 Å². The van der Waals surface area contributed by atoms with Gasteiger partial charge in [-0.15, -0.1) is 0 Å². The Labute approximate surface area is 276 Å². The molecule has 45 heavy (non-hydrogen) atoms. The van der Waals surface area contributed by atoms with E-state index in [1.165, 1.54) is 70.6 Å². The first-order valence-corrected chi connectivity index (χ1v) is 19.3. The molecule has 0 bridgehead atoms. The van der Waals surface area contributed by atoms with E-state index in [4.69, 9.17) is 9.05 Å². The second-order valence-corrected chi connectivity index (χ2v) is 14.6. The third-order valence-corrected chi connectivity index (χ3v) is 8.54. The van der Waals surface area contributed by atoms with E-state index in [2.05, 4.69) is 43.5 Å². The van der Waals surface area contributed by atoms with E-state index < -0.39 is 26.6 Å². The zero-order valence-corrected chi connectivity index (χ0v) is 30.5. The van der Waals surface area contributed by atoms with Crippen LogP contribution in [0.25, 0.3) is 0 Å². The van der Waals surface area contributed by atoms with Crippen molar-refractivity contribution in [3.05, 3.63) is 36.5 Å². The van der Waals surface area contributed by atoms with Gasteiger partial charge in [-0.25, -0.2) is 0 Å². The number of phosphoric ester groups is 1. The molecule has 9 heteroatoms. The molecule has 3 unspecified atom stereocenters. The fourth-order valence-corrected chi connectivity index (χ4v) is 5.37. The summed E-state index contributed by atoms with van der Waals surface area (Å²) in [5.74, 6) is -0.239. The van der Waals surface area contributed by atoms with Crippen LogP contribution in [0.1, 0.15) is 136 Å². The summed E-state index contributed by atoms with van der Waals surface area (Å²) >= 11 is 0. The number of carbonyl (C=O) groups is 1. The van der Waals surface area contributed by atoms with Gasteiger partial charge in [0.15, 0.2) is 0 Å². The zero-order chi connectivity index (χ0) is 33.7. The number of aliphatic hydroxyl groups excluding tert-OH is 1. The summed E-state index contributed by atoms with van der Waals surface area (Å²) in [6.07, 6.45) is 32.8. The van der Waals surface area contributed by atoms with Crippen LogP contribution in [-0.4, -0.2) is 68.5 Å². The zero-order valence-electron chi connectivity index (χ0n) is 29.6. The second-order valence-electron chi connectivity index (χ2n) is 13.2. The quantitative estimate of drug-likeness (QED) is 0.0337. The van der Waals surface area contributed by atoms with Crippen LogP contribution >= 0.6 is 7.82 Å². The Kier molecular flexibility index (Phi) is 28.1. The molecule has 8 nitrogen and oxygen atoms in total. The van der Waals surface area contributed by atoms with Crippen LogP contribution in [0.2, 0.25) is 0 Å². The monoisotopic (exact) mass is 656 g/mol. The lowest BCUT2D eigenvalue weighted by Crippen LogP contribution is -2.45. The lowest BCUT2D eigenvalue weighted by Gasteiger charge is -2.29. The Morgan fingerprint density at radius 3 is 1.80 bits per heavy atom. The van der Waals surface area contributed by atoms with E-state index in [0.717, 1.165) is 44.9 Å². The van der Waals surface area contributed by atoms with Crippen LogP contribution < -0.4 is 10.2 Å². The van der Waals surface area contributed by atoms with Gasteiger partial charge in [-0.1, -0.05) is 121 Å². The topological polar surface area (TPSA) is 108 Å². The number of likely N-dealkylation sites (N-methyl/N-ethyl adjacent to an activating group) is 1. The van der Waals surface area contributed by atoms with Gasteiger partial charge in [-0.2, -0.15) is 0 Å². The number of quaternary nitrogens is 1. The van der Waals surface area contributed by atoms with Crippen LogP contribution in [-0.2, 0) is 18.4 Å². The van der Waals surface area contributed by atoms with Gasteiger partial charge in [0.05, 0.1) is 39.9 Å². The molecule has 0 heterocycles. The Morgan fingerprint density at radius 2 is 1.24 bits per heavy atom. The highest BCUT2D eigenvalue weighted by molar-refractivity contribution is 7.45. The van der Waals surface area contributed by atoms with E-state index in [1.54, 1.807) is 6.08 Å². The molecule has 0 aromatic carbocycles. The summed E-state index contributed by atoms with van der Waals surface area (Å²) in [5.41, 5.74) is 0. The Bertz CT molecular complexity index is 840. The number of nitrogens with zero attached hydrogens (tertiary/aromatic N) is 1. The molecular weight excluding hydrogens is 587 g/mol. The highest BCUT2D eigenvalue weighted by Gasteiger charge is 2.23. The summed E-state index contributed by atoms with van der Waals surface area (Å²) in [6, 6.07) is -0.901. The van der Waals surface area contributed by atoms with Crippen molar-refractivity contribution in [3.63, 3.8) is 0 Å². The molecule has 0 aliphatic rings. The maximum Gasteiger partial charge on any atom is 0.268 e. The number of hydrogen-bond acceptors (Lipinski definition) is 6. The minimum Gasteiger partial charge on any atom is -0.756 e. The average Bonchev–Trinajstić information content (AvgIpc) is 2.97. The molecule has 0 spiro atoms. The van der Waals surface area contributed by atoms with Gasteiger partial charge in [0.25, 0.3) is 7.82 Å². The predicted molar refractivity (Wildman–Crippen MR) is 187 cm³/mol. The van der Waals surface area contributed by atoms with Crippen molar-refractivity contribution in [2.24, 2.45) is 0 Å². The van der Waals surface area contributed by atoms with Gasteiger partial charge in [-0.3, -0.25) is 9.36 Å². The van der Waals surface area contributed by atoms with E-state index in [-0.39, 0.29) is 12.5 Å². The number of phosphoric acid groups is 1. The molecule has 0 aromatic rings. The van der Waals surface area contributed by atoms with Crippen LogP contribution in [0.3, 0.4) is 0 Å². The van der Waals surface area contributed by atoms with E-state index in [1.807, 2.05) is 27.2 Å². The number of amides is 1. The highest BCUT2D eigenvalue weighted by Crippen LogP contribution is 2.38. The molecule has 2 N–H and O–H groups in total. The second kappa shape index (κ2) is 28.9. The molecule has 0 radical (unpaired) electrons. The molecule has 264 valence electrons. The van der Waals surface area contributed by atoms with Crippen LogP contribution in [0.5, 0.6) is 0 Å². The van der Waals surface area contributed by atoms with E-state index in [9.17, 15) is 19.4 Å². The van der Waals surface area contributed by atoms with Crippen LogP contribution in [0.15, 0.2) is 36.5 Å². The normalized spacial score (nSPS) is 15.3. The fourth-order valence-electron chi connectivity index (χ4n) is 4.65. The lowest BCUT2D eigenvalue weighted by molar-refractivity contribution is -0.870. The third-order valence-electron chi connectivity index (χ3n) is 7.58. The van der Waals surface area contributed by atoms with E-state index >= 15 is 0 Å². The Balaban J connectivity index is 4.33. The number of unbranched alkanes of at least 4 members (excludes halogenated alkanes) is 14. The van der Waals surface area contributed by atoms with Crippen molar-refractivity contribution >= 4 is 13.7 Å². The van der Waals surface area contributed by atoms with E-state index in [0.29, 0.717) is 17.4 Å². The highest BCUT2D eigenvalue weighted by atomic mass is 31.2. The smallest absolute Gasteiger partial charge is 0.268 e. The van der Waals surface area contributed by atoms with Crippen molar-refractivity contribution in [3.8, 4) is 0 Å². The van der Waals surface area contributed by atoms with Gasteiger partial charge in [-0.05, 0) is 44.9 Å². The molecule has 0 fully saturated rings. The van der Waals surface area contributed by atoms with Crippen molar-refractivity contribution in [2.45, 2.75) is 148 Å². The molecule has 0 aliphatic carbocycles. The van der Waals surface area contributed by atoms with Crippen LogP contribution in [0, 0.1) is 0 Å². The molecule has 0 aromatic heterocycles. The van der Waals surface area contributed by atoms with Crippen molar-refractivity contribution in [1.82, 2.24) is 5.32 Å². The summed E-state index contributed by atoms with van der Waals surface area (Å²) in [5, 5.41) is 13.5. The number of aliphatic hydroxyl groups is 1. The first-order valence-electron chi connectivity index (χ1n) is 17.9. The molecule has 3 atom stereocenters. The summed E-state index contributed by atoms with van der Waals surface area (Å²) in [7, 11) is 1.22. The summed E-state index contributed by atoms with van der Waals surface area (Å²) in [4.78, 5) is 24.6. The molecule has 1 amide bonds. The third kappa shape index (κ3) is 31.1. The Hall–Kier alpha value is -1.28. The number of carbonyl (C=O) groups excluding carboxylic acids is 1. The molecule has 0 rings (SSSR count). The molecule has 0 aliphatic heterocycles. The maximum atomic E-state index is 12.4. The summed E-state index contributed by atoms with van der Waals surface area (Å²) < 4.78 is 22.8. The summed E-state index contributed by atoms with van der Waals surface area (Å²) in [6.45, 7) is 4.40. The lowest BCUT2D eigenvalue weighted by atomic mass is 10.1. The van der Waals surface area contributed by atoms with Gasteiger partial charge < -0.3 is 28.8 Å². The standard InChI is InChI=1S/C36H69N2O6P/c1-6-8-10-11-12-13-14-15-16-17-18-19-20-21-22-23-24-25-26-28-29-35(39)34(37-36(40)30-27-9-7-2)33-44-45(41,42)43-32-31-38(3,4)5/h19-20,23-24,28-29,34-35,39H,6-18,21-22,25-27,30-33H2,1-5H3,(H-,37,40,41,42)/b20-19+,24-23+,29-28+. The SMILES string of the molecule is CCCCCCCCCCCC/C=C/CC/C=C/CC/C=C/C(O)C(COP(=O)([O-])OCC[N+](C)(C)C)NC(=O)CCCCC. The Morgan fingerprint density at radius 1 is 0.756 bits per heavy atom. The van der Waals surface area contributed by atoms with Gasteiger partial charge in [0, 0.05) is 6.42 Å². The molecule has 0 saturated heterocycles. The minimum atomic E-state index is -4.57. The molecular formula is C36H69N2O6P. The number of nitrogens with one attached hydrogen (secondary N) is 1. The van der Waals surface area contributed by atoms with Crippen molar-refractivity contribution in [1.29, 1.82) is 0 Å². The number of allylic oxidation sites excluding steroid dienone is 5. The first-order chi connectivity index (χ1) is 21.5. The predicted octanol–water partition coefficient (Wildman–Crippen LogP) is 8.16. The van der Waals surface area contributed by atoms with Gasteiger partial charge in [0.1, 0.15) is 13.2 Å². The first kappa shape index (κ1) is 43.7.